The number of halogens is 1. The number of hydrogen-bond donors (Lipinski definition) is 1. The quantitative estimate of drug-likeness (QED) is 0.765. The summed E-state index contributed by atoms with van der Waals surface area (Å²) in [5, 5.41) is 8.41. The van der Waals surface area contributed by atoms with Gasteiger partial charge in [-0.15, -0.1) is 4.39 Å². The first-order valence-electron chi connectivity index (χ1n) is 4.12. The molecule has 0 spiro atoms. The van der Waals surface area contributed by atoms with E-state index in [1.807, 2.05) is 0 Å². The lowest BCUT2D eigenvalue weighted by Gasteiger charge is -1.90. The Morgan fingerprint density at radius 1 is 1.53 bits per heavy atom. The first kappa shape index (κ1) is 9.39. The van der Waals surface area contributed by atoms with E-state index in [0.29, 0.717) is 16.7 Å². The SMILES string of the molecule is O=C(O)/C=C/c1ccc2oc(F)nc2c1. The number of carbonyl (C=O) groups is 1. The highest BCUT2D eigenvalue weighted by Gasteiger charge is 2.03. The van der Waals surface area contributed by atoms with Gasteiger partial charge in [-0.2, -0.15) is 4.98 Å². The summed E-state index contributed by atoms with van der Waals surface area (Å²) < 4.78 is 17.2. The summed E-state index contributed by atoms with van der Waals surface area (Å²) in [6.07, 6.45) is 1.50. The average Bonchev–Trinajstić information content (AvgIpc) is 2.53. The Hall–Kier alpha value is -2.17. The van der Waals surface area contributed by atoms with Crippen molar-refractivity contribution >= 4 is 23.1 Å². The van der Waals surface area contributed by atoms with Gasteiger partial charge in [-0.05, 0) is 23.8 Å². The maximum absolute atomic E-state index is 12.6. The largest absolute Gasteiger partial charge is 0.478 e. The maximum Gasteiger partial charge on any atom is 0.382 e. The minimum atomic E-state index is -1.04. The van der Waals surface area contributed by atoms with Crippen LogP contribution in [0.5, 0.6) is 0 Å². The van der Waals surface area contributed by atoms with Gasteiger partial charge in [-0.25, -0.2) is 4.79 Å². The molecule has 5 heteroatoms. The number of aliphatic carboxylic acids is 1. The third kappa shape index (κ3) is 2.01. The van der Waals surface area contributed by atoms with Gasteiger partial charge in [0.15, 0.2) is 5.58 Å². The Balaban J connectivity index is 2.42. The molecule has 0 saturated heterocycles. The highest BCUT2D eigenvalue weighted by Crippen LogP contribution is 2.17. The summed E-state index contributed by atoms with van der Waals surface area (Å²) in [4.78, 5) is 13.7. The number of benzene rings is 1. The van der Waals surface area contributed by atoms with Crippen molar-refractivity contribution in [3.8, 4) is 0 Å². The van der Waals surface area contributed by atoms with Gasteiger partial charge in [0.05, 0.1) is 0 Å². The van der Waals surface area contributed by atoms with E-state index in [0.717, 1.165) is 6.08 Å². The Morgan fingerprint density at radius 2 is 2.33 bits per heavy atom. The van der Waals surface area contributed by atoms with E-state index in [-0.39, 0.29) is 0 Å². The van der Waals surface area contributed by atoms with Crippen molar-refractivity contribution in [2.45, 2.75) is 0 Å². The zero-order chi connectivity index (χ0) is 10.8. The molecule has 0 unspecified atom stereocenters. The number of nitrogens with zero attached hydrogens (tertiary/aromatic N) is 1. The summed E-state index contributed by atoms with van der Waals surface area (Å²) in [6.45, 7) is 0. The van der Waals surface area contributed by atoms with Gasteiger partial charge in [0.2, 0.25) is 0 Å². The first-order valence-corrected chi connectivity index (χ1v) is 4.12. The van der Waals surface area contributed by atoms with E-state index in [9.17, 15) is 9.18 Å². The summed E-state index contributed by atoms with van der Waals surface area (Å²) in [5.41, 5.74) is 1.32. The van der Waals surface area contributed by atoms with Crippen molar-refractivity contribution in [3.63, 3.8) is 0 Å². The van der Waals surface area contributed by atoms with Crippen molar-refractivity contribution in [1.82, 2.24) is 4.98 Å². The maximum atomic E-state index is 12.6. The molecule has 15 heavy (non-hydrogen) atoms. The van der Waals surface area contributed by atoms with E-state index in [4.69, 9.17) is 5.11 Å². The Kier molecular flexibility index (Phi) is 2.21. The molecule has 0 aliphatic heterocycles. The van der Waals surface area contributed by atoms with Crippen LogP contribution in [0.3, 0.4) is 0 Å². The molecule has 0 atom stereocenters. The zero-order valence-electron chi connectivity index (χ0n) is 7.48. The molecule has 4 nitrogen and oxygen atoms in total. The van der Waals surface area contributed by atoms with E-state index in [1.165, 1.54) is 12.1 Å². The molecule has 76 valence electrons. The van der Waals surface area contributed by atoms with Crippen LogP contribution in [0.2, 0.25) is 0 Å². The fourth-order valence-electron chi connectivity index (χ4n) is 1.19. The average molecular weight is 207 g/mol. The number of hydrogen-bond acceptors (Lipinski definition) is 3. The summed E-state index contributed by atoms with van der Waals surface area (Å²) in [7, 11) is 0. The van der Waals surface area contributed by atoms with Crippen LogP contribution in [0, 0.1) is 6.14 Å². The van der Waals surface area contributed by atoms with E-state index in [1.54, 1.807) is 12.1 Å². The van der Waals surface area contributed by atoms with E-state index < -0.39 is 12.1 Å². The Morgan fingerprint density at radius 3 is 3.07 bits per heavy atom. The van der Waals surface area contributed by atoms with Gasteiger partial charge in [-0.3, -0.25) is 0 Å². The predicted molar refractivity (Wildman–Crippen MR) is 50.6 cm³/mol. The van der Waals surface area contributed by atoms with Crippen molar-refractivity contribution < 1.29 is 18.7 Å². The van der Waals surface area contributed by atoms with Gasteiger partial charge in [-0.1, -0.05) is 6.07 Å². The van der Waals surface area contributed by atoms with Crippen molar-refractivity contribution in [3.05, 3.63) is 36.0 Å². The van der Waals surface area contributed by atoms with Crippen LogP contribution in [0.4, 0.5) is 4.39 Å². The van der Waals surface area contributed by atoms with E-state index >= 15 is 0 Å². The van der Waals surface area contributed by atoms with Gasteiger partial charge in [0, 0.05) is 6.08 Å². The molecule has 1 aromatic carbocycles. The first-order chi connectivity index (χ1) is 7.15. The van der Waals surface area contributed by atoms with Gasteiger partial charge in [0.25, 0.3) is 0 Å². The highest BCUT2D eigenvalue weighted by atomic mass is 19.1. The molecule has 0 amide bonds. The fourth-order valence-corrected chi connectivity index (χ4v) is 1.19. The normalized spacial score (nSPS) is 11.3. The second-order valence-electron chi connectivity index (χ2n) is 2.87. The second kappa shape index (κ2) is 3.53. The monoisotopic (exact) mass is 207 g/mol. The van der Waals surface area contributed by atoms with Crippen LogP contribution in [-0.4, -0.2) is 16.1 Å². The van der Waals surface area contributed by atoms with Crippen LogP contribution in [-0.2, 0) is 4.79 Å². The molecular formula is C10H6FNO3. The van der Waals surface area contributed by atoms with Crippen LogP contribution in [0.1, 0.15) is 5.56 Å². The topological polar surface area (TPSA) is 63.3 Å². The lowest BCUT2D eigenvalue weighted by Crippen LogP contribution is -1.85. The van der Waals surface area contributed by atoms with Crippen LogP contribution in [0.15, 0.2) is 28.7 Å². The van der Waals surface area contributed by atoms with Crippen LogP contribution in [0.25, 0.3) is 17.2 Å². The number of carboxylic acids is 1. The third-order valence-electron chi connectivity index (χ3n) is 1.80. The van der Waals surface area contributed by atoms with Crippen molar-refractivity contribution in [1.29, 1.82) is 0 Å². The minimum absolute atomic E-state index is 0.333. The van der Waals surface area contributed by atoms with Crippen molar-refractivity contribution in [2.75, 3.05) is 0 Å². The minimum Gasteiger partial charge on any atom is -0.478 e. The summed E-state index contributed by atoms with van der Waals surface area (Å²) >= 11 is 0. The van der Waals surface area contributed by atoms with Crippen LogP contribution < -0.4 is 0 Å². The van der Waals surface area contributed by atoms with Gasteiger partial charge in [0.1, 0.15) is 5.52 Å². The molecule has 0 aliphatic carbocycles. The molecule has 2 rings (SSSR count). The highest BCUT2D eigenvalue weighted by molar-refractivity contribution is 5.86. The molecule has 1 aromatic heterocycles. The Labute approximate surface area is 83.7 Å². The lowest BCUT2D eigenvalue weighted by atomic mass is 10.2. The predicted octanol–water partition coefficient (Wildman–Crippen LogP) is 2.06. The standard InChI is InChI=1S/C10H6FNO3/c11-10-12-7-5-6(2-4-9(13)14)1-3-8(7)15-10/h1-5H,(H,13,14)/b4-2+. The number of rotatable bonds is 2. The fraction of sp³-hybridized carbons (Fsp3) is 0. The summed E-state index contributed by atoms with van der Waals surface area (Å²) in [6, 6.07) is 4.70. The number of aromatic nitrogens is 1. The smallest absolute Gasteiger partial charge is 0.382 e. The van der Waals surface area contributed by atoms with Crippen LogP contribution >= 0.6 is 0 Å². The van der Waals surface area contributed by atoms with Crippen molar-refractivity contribution in [2.24, 2.45) is 0 Å². The number of carboxylic acid groups (broad SMARTS) is 1. The molecule has 1 N–H and O–H groups in total. The Bertz CT molecular complexity index is 545. The molecule has 2 aromatic rings. The summed E-state index contributed by atoms with van der Waals surface area (Å²) in [5.74, 6) is -1.04. The molecule has 0 bridgehead atoms. The molecule has 0 aliphatic rings. The molecule has 0 saturated carbocycles. The zero-order valence-corrected chi connectivity index (χ0v) is 7.48. The number of fused-ring (bicyclic) bond motifs is 1. The molecule has 1 heterocycles. The van der Waals surface area contributed by atoms with Gasteiger partial charge < -0.3 is 9.52 Å². The van der Waals surface area contributed by atoms with E-state index in [2.05, 4.69) is 9.40 Å². The molecule has 0 radical (unpaired) electrons. The lowest BCUT2D eigenvalue weighted by molar-refractivity contribution is -0.131. The molecular weight excluding hydrogens is 201 g/mol. The molecule has 0 fully saturated rings. The second-order valence-corrected chi connectivity index (χ2v) is 2.87. The third-order valence-corrected chi connectivity index (χ3v) is 1.80. The van der Waals surface area contributed by atoms with Gasteiger partial charge >= 0.3 is 12.1 Å². The number of oxazole rings is 1.